The summed E-state index contributed by atoms with van der Waals surface area (Å²) in [6.45, 7) is 4.04. The van der Waals surface area contributed by atoms with Crippen LogP contribution in [-0.4, -0.2) is 26.4 Å². The summed E-state index contributed by atoms with van der Waals surface area (Å²) in [6, 6.07) is 13.8. The number of hydrogen-bond donors (Lipinski definition) is 1. The highest BCUT2D eigenvalue weighted by molar-refractivity contribution is 9.10. The minimum absolute atomic E-state index is 0.0584. The van der Waals surface area contributed by atoms with Gasteiger partial charge in [0, 0.05) is 22.8 Å². The largest absolute Gasteiger partial charge is 0.325 e. The number of carbonyl (C=O) groups is 1. The minimum atomic E-state index is -0.0584. The summed E-state index contributed by atoms with van der Waals surface area (Å²) in [5.74, 6) is 0.992. The maximum atomic E-state index is 12.3. The van der Waals surface area contributed by atoms with Crippen LogP contribution in [0.1, 0.15) is 11.1 Å². The van der Waals surface area contributed by atoms with Gasteiger partial charge in [-0.05, 0) is 43.2 Å². The Kier molecular flexibility index (Phi) is 5.78. The van der Waals surface area contributed by atoms with E-state index in [1.165, 1.54) is 11.8 Å². The number of aromatic nitrogens is 3. The molecule has 5 nitrogen and oxygen atoms in total. The molecule has 0 aliphatic heterocycles. The van der Waals surface area contributed by atoms with Gasteiger partial charge in [-0.3, -0.25) is 4.79 Å². The quantitative estimate of drug-likeness (QED) is 0.601. The fraction of sp³-hybridized carbons (Fsp3) is 0.211. The lowest BCUT2D eigenvalue weighted by molar-refractivity contribution is -0.113. The lowest BCUT2D eigenvalue weighted by Gasteiger charge is -2.10. The first kappa shape index (κ1) is 18.7. The number of nitrogens with one attached hydrogen (secondary N) is 1. The van der Waals surface area contributed by atoms with Crippen LogP contribution in [-0.2, 0) is 11.8 Å². The van der Waals surface area contributed by atoms with Crippen molar-refractivity contribution in [2.24, 2.45) is 7.05 Å². The lowest BCUT2D eigenvalue weighted by atomic mass is 10.1. The van der Waals surface area contributed by atoms with E-state index in [0.29, 0.717) is 5.16 Å². The van der Waals surface area contributed by atoms with Crippen LogP contribution < -0.4 is 5.32 Å². The van der Waals surface area contributed by atoms with E-state index in [0.717, 1.165) is 32.7 Å². The molecule has 3 rings (SSSR count). The van der Waals surface area contributed by atoms with E-state index < -0.39 is 0 Å². The second-order valence-corrected chi connectivity index (χ2v) is 7.81. The van der Waals surface area contributed by atoms with Crippen molar-refractivity contribution in [2.75, 3.05) is 11.1 Å². The molecule has 2 aromatic carbocycles. The molecule has 1 heterocycles. The Morgan fingerprint density at radius 1 is 1.15 bits per heavy atom. The molecule has 0 fully saturated rings. The first-order chi connectivity index (χ1) is 12.5. The number of anilines is 1. The van der Waals surface area contributed by atoms with Gasteiger partial charge < -0.3 is 9.88 Å². The van der Waals surface area contributed by atoms with Gasteiger partial charge in [0.05, 0.1) is 5.75 Å². The first-order valence-corrected chi connectivity index (χ1v) is 9.88. The van der Waals surface area contributed by atoms with Crippen molar-refractivity contribution in [3.63, 3.8) is 0 Å². The average molecular weight is 431 g/mol. The molecule has 0 atom stereocenters. The van der Waals surface area contributed by atoms with Crippen molar-refractivity contribution >= 4 is 39.3 Å². The standard InChI is InChI=1S/C19H19BrN4OS/c1-12-5-4-6-16(13(12)2)21-17(25)11-26-19-23-22-18(24(19)3)14-7-9-15(20)10-8-14/h4-10H,11H2,1-3H3,(H,21,25). The van der Waals surface area contributed by atoms with Gasteiger partial charge in [0.1, 0.15) is 0 Å². The lowest BCUT2D eigenvalue weighted by Crippen LogP contribution is -2.15. The van der Waals surface area contributed by atoms with Crippen molar-refractivity contribution in [3.8, 4) is 11.4 Å². The monoisotopic (exact) mass is 430 g/mol. The third-order valence-corrected chi connectivity index (χ3v) is 5.70. The Morgan fingerprint density at radius 3 is 2.62 bits per heavy atom. The highest BCUT2D eigenvalue weighted by Crippen LogP contribution is 2.24. The fourth-order valence-corrected chi connectivity index (χ4v) is 3.47. The van der Waals surface area contributed by atoms with E-state index >= 15 is 0 Å². The molecule has 0 aliphatic rings. The molecule has 0 saturated carbocycles. The third kappa shape index (κ3) is 4.16. The molecule has 0 aliphatic carbocycles. The van der Waals surface area contributed by atoms with E-state index in [2.05, 4.69) is 31.4 Å². The van der Waals surface area contributed by atoms with E-state index in [9.17, 15) is 4.79 Å². The molecule has 1 aromatic heterocycles. The van der Waals surface area contributed by atoms with Gasteiger partial charge in [-0.25, -0.2) is 0 Å². The summed E-state index contributed by atoms with van der Waals surface area (Å²) in [5.41, 5.74) is 4.07. The Morgan fingerprint density at radius 2 is 1.88 bits per heavy atom. The van der Waals surface area contributed by atoms with Gasteiger partial charge in [0.15, 0.2) is 11.0 Å². The molecular formula is C19H19BrN4OS. The smallest absolute Gasteiger partial charge is 0.234 e. The van der Waals surface area contributed by atoms with Crippen LogP contribution in [0.15, 0.2) is 52.1 Å². The Bertz CT molecular complexity index is 937. The Balaban J connectivity index is 1.66. The highest BCUT2D eigenvalue weighted by Gasteiger charge is 2.13. The van der Waals surface area contributed by atoms with Crippen molar-refractivity contribution in [1.29, 1.82) is 0 Å². The van der Waals surface area contributed by atoms with Crippen molar-refractivity contribution in [2.45, 2.75) is 19.0 Å². The van der Waals surface area contributed by atoms with Crippen LogP contribution in [0, 0.1) is 13.8 Å². The molecule has 26 heavy (non-hydrogen) atoms. The van der Waals surface area contributed by atoms with Gasteiger partial charge in [0.25, 0.3) is 0 Å². The maximum Gasteiger partial charge on any atom is 0.234 e. The number of halogens is 1. The third-order valence-electron chi connectivity index (χ3n) is 4.15. The van der Waals surface area contributed by atoms with Crippen LogP contribution >= 0.6 is 27.7 Å². The summed E-state index contributed by atoms with van der Waals surface area (Å²) in [6.07, 6.45) is 0. The molecule has 0 radical (unpaired) electrons. The molecule has 7 heteroatoms. The zero-order valence-electron chi connectivity index (χ0n) is 14.8. The first-order valence-electron chi connectivity index (χ1n) is 8.10. The van der Waals surface area contributed by atoms with Gasteiger partial charge >= 0.3 is 0 Å². The Labute approximate surface area is 165 Å². The zero-order valence-corrected chi connectivity index (χ0v) is 17.2. The number of nitrogens with zero attached hydrogens (tertiary/aromatic N) is 3. The number of thioether (sulfide) groups is 1. The van der Waals surface area contributed by atoms with Crippen LogP contribution in [0.3, 0.4) is 0 Å². The second-order valence-electron chi connectivity index (χ2n) is 5.96. The summed E-state index contributed by atoms with van der Waals surface area (Å²) in [4.78, 5) is 12.3. The maximum absolute atomic E-state index is 12.3. The number of hydrogen-bond acceptors (Lipinski definition) is 4. The molecule has 0 spiro atoms. The normalized spacial score (nSPS) is 10.8. The predicted octanol–water partition coefficient (Wildman–Crippen LogP) is 4.59. The van der Waals surface area contributed by atoms with Crippen LogP contribution in [0.2, 0.25) is 0 Å². The molecule has 1 amide bonds. The molecule has 0 unspecified atom stereocenters. The van der Waals surface area contributed by atoms with Crippen LogP contribution in [0.5, 0.6) is 0 Å². The topological polar surface area (TPSA) is 59.8 Å². The van der Waals surface area contributed by atoms with Crippen molar-refractivity contribution < 1.29 is 4.79 Å². The van der Waals surface area contributed by atoms with Gasteiger partial charge in [-0.1, -0.05) is 52.0 Å². The SMILES string of the molecule is Cc1cccc(NC(=O)CSc2nnc(-c3ccc(Br)cc3)n2C)c1C. The summed E-state index contributed by atoms with van der Waals surface area (Å²) in [5, 5.41) is 12.1. The van der Waals surface area contributed by atoms with Gasteiger partial charge in [-0.15, -0.1) is 10.2 Å². The number of amides is 1. The van der Waals surface area contributed by atoms with E-state index in [1.807, 2.05) is 67.9 Å². The molecule has 0 saturated heterocycles. The number of benzene rings is 2. The van der Waals surface area contributed by atoms with Crippen LogP contribution in [0.25, 0.3) is 11.4 Å². The number of rotatable bonds is 5. The summed E-state index contributed by atoms with van der Waals surface area (Å²) >= 11 is 4.80. The van der Waals surface area contributed by atoms with E-state index in [-0.39, 0.29) is 11.7 Å². The fourth-order valence-electron chi connectivity index (χ4n) is 2.49. The van der Waals surface area contributed by atoms with Crippen molar-refractivity contribution in [3.05, 3.63) is 58.1 Å². The van der Waals surface area contributed by atoms with Gasteiger partial charge in [-0.2, -0.15) is 0 Å². The van der Waals surface area contributed by atoms with Crippen molar-refractivity contribution in [1.82, 2.24) is 14.8 Å². The summed E-state index contributed by atoms with van der Waals surface area (Å²) < 4.78 is 2.92. The number of carbonyl (C=O) groups excluding carboxylic acids is 1. The molecule has 1 N–H and O–H groups in total. The molecule has 134 valence electrons. The van der Waals surface area contributed by atoms with Gasteiger partial charge in [0.2, 0.25) is 5.91 Å². The Hall–Kier alpha value is -2.12. The minimum Gasteiger partial charge on any atom is -0.325 e. The van der Waals surface area contributed by atoms with E-state index in [1.54, 1.807) is 0 Å². The van der Waals surface area contributed by atoms with E-state index in [4.69, 9.17) is 0 Å². The second kappa shape index (κ2) is 8.05. The average Bonchev–Trinajstić information content (AvgIpc) is 2.99. The number of aryl methyl sites for hydroxylation is 1. The molecule has 3 aromatic rings. The zero-order chi connectivity index (χ0) is 18.7. The molecule has 0 bridgehead atoms. The molecular weight excluding hydrogens is 412 g/mol. The summed E-state index contributed by atoms with van der Waals surface area (Å²) in [7, 11) is 1.91. The highest BCUT2D eigenvalue weighted by atomic mass is 79.9. The van der Waals surface area contributed by atoms with Crippen LogP contribution in [0.4, 0.5) is 5.69 Å². The predicted molar refractivity (Wildman–Crippen MR) is 109 cm³/mol.